The quantitative estimate of drug-likeness (QED) is 0.259. The first-order valence-electron chi connectivity index (χ1n) is 11.2. The SMILES string of the molecule is CCNC(=NCC(C)Oc1ccccc1Cl)NC1CCN(C(=O)C(CC)CC)CC1.I. The van der Waals surface area contributed by atoms with Gasteiger partial charge in [0.1, 0.15) is 11.9 Å². The van der Waals surface area contributed by atoms with Crippen molar-refractivity contribution in [3.8, 4) is 5.75 Å². The lowest BCUT2D eigenvalue weighted by molar-refractivity contribution is -0.136. The molecule has 2 N–H and O–H groups in total. The number of para-hydroxylation sites is 1. The third kappa shape index (κ3) is 9.04. The average Bonchev–Trinajstić information content (AvgIpc) is 2.75. The molecule has 1 aliphatic heterocycles. The molecule has 0 aliphatic carbocycles. The Morgan fingerprint density at radius 1 is 1.23 bits per heavy atom. The largest absolute Gasteiger partial charge is 0.487 e. The third-order valence-corrected chi connectivity index (χ3v) is 5.81. The lowest BCUT2D eigenvalue weighted by Gasteiger charge is -2.35. The highest BCUT2D eigenvalue weighted by molar-refractivity contribution is 14.0. The Morgan fingerprint density at radius 3 is 2.45 bits per heavy atom. The molecule has 1 fully saturated rings. The van der Waals surface area contributed by atoms with E-state index in [-0.39, 0.29) is 36.0 Å². The molecular weight excluding hydrogens is 527 g/mol. The van der Waals surface area contributed by atoms with E-state index in [9.17, 15) is 4.79 Å². The number of nitrogens with zero attached hydrogens (tertiary/aromatic N) is 2. The van der Waals surface area contributed by atoms with Gasteiger partial charge < -0.3 is 20.3 Å². The molecule has 0 aromatic heterocycles. The van der Waals surface area contributed by atoms with E-state index >= 15 is 0 Å². The van der Waals surface area contributed by atoms with Gasteiger partial charge in [-0.3, -0.25) is 4.79 Å². The first-order chi connectivity index (χ1) is 14.5. The van der Waals surface area contributed by atoms with E-state index in [2.05, 4.69) is 36.4 Å². The molecule has 0 saturated carbocycles. The molecule has 0 spiro atoms. The molecule has 1 atom stereocenters. The van der Waals surface area contributed by atoms with E-state index in [1.165, 1.54) is 0 Å². The van der Waals surface area contributed by atoms with Crippen LogP contribution in [0.15, 0.2) is 29.3 Å². The summed E-state index contributed by atoms with van der Waals surface area (Å²) in [5.74, 6) is 1.93. The van der Waals surface area contributed by atoms with Gasteiger partial charge >= 0.3 is 0 Å². The predicted molar refractivity (Wildman–Crippen MR) is 140 cm³/mol. The van der Waals surface area contributed by atoms with Gasteiger partial charge in [0, 0.05) is 31.6 Å². The molecule has 6 nitrogen and oxygen atoms in total. The molecule has 1 aromatic carbocycles. The van der Waals surface area contributed by atoms with E-state index in [0.29, 0.717) is 29.3 Å². The minimum atomic E-state index is -0.0974. The second kappa shape index (κ2) is 14.8. The summed E-state index contributed by atoms with van der Waals surface area (Å²) in [6.07, 6.45) is 3.60. The van der Waals surface area contributed by atoms with Gasteiger partial charge in [0.25, 0.3) is 0 Å². The normalized spacial score (nSPS) is 15.9. The van der Waals surface area contributed by atoms with Crippen molar-refractivity contribution >= 4 is 47.4 Å². The fourth-order valence-corrected chi connectivity index (χ4v) is 3.85. The van der Waals surface area contributed by atoms with Crippen molar-refractivity contribution in [1.29, 1.82) is 0 Å². The second-order valence-electron chi connectivity index (χ2n) is 7.84. The summed E-state index contributed by atoms with van der Waals surface area (Å²) in [6.45, 7) is 11.1. The number of guanidine groups is 1. The van der Waals surface area contributed by atoms with Gasteiger partial charge in [0.05, 0.1) is 11.6 Å². The van der Waals surface area contributed by atoms with Crippen LogP contribution in [0.1, 0.15) is 53.4 Å². The number of carbonyl (C=O) groups excluding carboxylic acids is 1. The molecule has 1 aliphatic rings. The Morgan fingerprint density at radius 2 is 1.87 bits per heavy atom. The van der Waals surface area contributed by atoms with Crippen molar-refractivity contribution in [2.75, 3.05) is 26.2 Å². The number of likely N-dealkylation sites (tertiary alicyclic amines) is 1. The lowest BCUT2D eigenvalue weighted by atomic mass is 9.98. The van der Waals surface area contributed by atoms with E-state index in [0.717, 1.165) is 51.3 Å². The molecule has 1 amide bonds. The third-order valence-electron chi connectivity index (χ3n) is 5.50. The number of nitrogens with one attached hydrogen (secondary N) is 2. The summed E-state index contributed by atoms with van der Waals surface area (Å²) >= 11 is 6.17. The van der Waals surface area contributed by atoms with Crippen LogP contribution in [0.4, 0.5) is 0 Å². The number of rotatable bonds is 9. The minimum Gasteiger partial charge on any atom is -0.487 e. The van der Waals surface area contributed by atoms with Crippen molar-refractivity contribution in [1.82, 2.24) is 15.5 Å². The number of halogens is 2. The van der Waals surface area contributed by atoms with Gasteiger partial charge in [-0.1, -0.05) is 37.6 Å². The molecule has 8 heteroatoms. The van der Waals surface area contributed by atoms with Gasteiger partial charge in [0.2, 0.25) is 5.91 Å². The van der Waals surface area contributed by atoms with Gasteiger partial charge in [-0.15, -0.1) is 24.0 Å². The number of hydrogen-bond donors (Lipinski definition) is 2. The number of hydrogen-bond acceptors (Lipinski definition) is 3. The lowest BCUT2D eigenvalue weighted by Crippen LogP contribution is -2.50. The van der Waals surface area contributed by atoms with Crippen LogP contribution in [-0.4, -0.2) is 55.1 Å². The summed E-state index contributed by atoms with van der Waals surface area (Å²) in [7, 11) is 0. The summed E-state index contributed by atoms with van der Waals surface area (Å²) in [4.78, 5) is 19.3. The van der Waals surface area contributed by atoms with Crippen LogP contribution in [-0.2, 0) is 4.79 Å². The Labute approximate surface area is 209 Å². The Balaban J connectivity index is 0.00000480. The zero-order valence-corrected chi connectivity index (χ0v) is 22.3. The zero-order chi connectivity index (χ0) is 21.9. The topological polar surface area (TPSA) is 66.0 Å². The molecule has 1 saturated heterocycles. The maximum absolute atomic E-state index is 12.6. The number of carbonyl (C=O) groups is 1. The highest BCUT2D eigenvalue weighted by atomic mass is 127. The van der Waals surface area contributed by atoms with Crippen LogP contribution in [0.3, 0.4) is 0 Å². The molecule has 2 rings (SSSR count). The minimum absolute atomic E-state index is 0. The Bertz CT molecular complexity index is 692. The maximum Gasteiger partial charge on any atom is 0.225 e. The van der Waals surface area contributed by atoms with Crippen molar-refractivity contribution < 1.29 is 9.53 Å². The van der Waals surface area contributed by atoms with Gasteiger partial charge in [0.15, 0.2) is 5.96 Å². The molecule has 1 aromatic rings. The highest BCUT2D eigenvalue weighted by Gasteiger charge is 2.26. The van der Waals surface area contributed by atoms with Crippen molar-refractivity contribution in [3.05, 3.63) is 29.3 Å². The predicted octanol–water partition coefficient (Wildman–Crippen LogP) is 4.71. The van der Waals surface area contributed by atoms with Crippen LogP contribution in [0.25, 0.3) is 0 Å². The number of piperidine rings is 1. The Hall–Kier alpha value is -1.22. The molecular formula is C23H38ClIN4O2. The smallest absolute Gasteiger partial charge is 0.225 e. The monoisotopic (exact) mass is 564 g/mol. The second-order valence-corrected chi connectivity index (χ2v) is 8.24. The average molecular weight is 565 g/mol. The van der Waals surface area contributed by atoms with E-state index in [1.807, 2.05) is 36.1 Å². The molecule has 1 unspecified atom stereocenters. The first kappa shape index (κ1) is 27.8. The molecule has 1 heterocycles. The number of amides is 1. The molecule has 176 valence electrons. The van der Waals surface area contributed by atoms with Crippen molar-refractivity contribution in [2.45, 2.75) is 65.5 Å². The first-order valence-corrected chi connectivity index (χ1v) is 11.6. The highest BCUT2D eigenvalue weighted by Crippen LogP contribution is 2.24. The standard InChI is InChI=1S/C23H37ClN4O2.HI/c1-5-18(6-2)22(29)28-14-12-19(13-15-28)27-23(25-7-3)26-16-17(4)30-21-11-9-8-10-20(21)24;/h8-11,17-19H,5-7,12-16H2,1-4H3,(H2,25,26,27);1H. The molecule has 0 radical (unpaired) electrons. The Kier molecular flexibility index (Phi) is 13.3. The summed E-state index contributed by atoms with van der Waals surface area (Å²) in [5.41, 5.74) is 0. The maximum atomic E-state index is 12.6. The van der Waals surface area contributed by atoms with Crippen molar-refractivity contribution in [3.63, 3.8) is 0 Å². The fraction of sp³-hybridized carbons (Fsp3) is 0.652. The summed E-state index contributed by atoms with van der Waals surface area (Å²) < 4.78 is 5.91. The van der Waals surface area contributed by atoms with Gasteiger partial charge in [-0.25, -0.2) is 4.99 Å². The van der Waals surface area contributed by atoms with Crippen LogP contribution in [0, 0.1) is 5.92 Å². The van der Waals surface area contributed by atoms with Crippen LogP contribution in [0.5, 0.6) is 5.75 Å². The number of ether oxygens (including phenoxy) is 1. The van der Waals surface area contributed by atoms with Crippen molar-refractivity contribution in [2.24, 2.45) is 10.9 Å². The molecule has 31 heavy (non-hydrogen) atoms. The zero-order valence-electron chi connectivity index (χ0n) is 19.2. The van der Waals surface area contributed by atoms with Gasteiger partial charge in [-0.2, -0.15) is 0 Å². The van der Waals surface area contributed by atoms with E-state index in [4.69, 9.17) is 16.3 Å². The summed E-state index contributed by atoms with van der Waals surface area (Å²) in [5, 5.41) is 7.44. The summed E-state index contributed by atoms with van der Waals surface area (Å²) in [6, 6.07) is 7.78. The van der Waals surface area contributed by atoms with Gasteiger partial charge in [-0.05, 0) is 51.7 Å². The molecule has 0 bridgehead atoms. The number of aliphatic imine (C=N–C) groups is 1. The van der Waals surface area contributed by atoms with E-state index in [1.54, 1.807) is 0 Å². The number of benzene rings is 1. The van der Waals surface area contributed by atoms with Crippen LogP contribution < -0.4 is 15.4 Å². The van der Waals surface area contributed by atoms with Crippen LogP contribution >= 0.6 is 35.6 Å². The fourth-order valence-electron chi connectivity index (χ4n) is 3.67. The van der Waals surface area contributed by atoms with Crippen LogP contribution in [0.2, 0.25) is 5.02 Å². The van der Waals surface area contributed by atoms with E-state index < -0.39 is 0 Å².